The van der Waals surface area contributed by atoms with Gasteiger partial charge in [0.25, 0.3) is 5.91 Å². The van der Waals surface area contributed by atoms with Crippen LogP contribution in [0.25, 0.3) is 0 Å². The van der Waals surface area contributed by atoms with E-state index in [9.17, 15) is 4.79 Å². The molecule has 4 nitrogen and oxygen atoms in total. The Hall–Kier alpha value is -2.98. The molecule has 144 valence electrons. The summed E-state index contributed by atoms with van der Waals surface area (Å²) in [6, 6.07) is 24.0. The first kappa shape index (κ1) is 19.8. The van der Waals surface area contributed by atoms with E-state index in [2.05, 4.69) is 5.32 Å². The van der Waals surface area contributed by atoms with Gasteiger partial charge < -0.3 is 14.8 Å². The van der Waals surface area contributed by atoms with Gasteiger partial charge in [-0.3, -0.25) is 4.79 Å². The molecule has 0 unspecified atom stereocenters. The van der Waals surface area contributed by atoms with Gasteiger partial charge in [0.05, 0.1) is 6.04 Å². The third kappa shape index (κ3) is 5.76. The van der Waals surface area contributed by atoms with Crippen molar-refractivity contribution in [2.45, 2.75) is 19.6 Å². The van der Waals surface area contributed by atoms with E-state index in [4.69, 9.17) is 21.1 Å². The lowest BCUT2D eigenvalue weighted by molar-refractivity contribution is 0.0926. The third-order valence-corrected chi connectivity index (χ3v) is 4.44. The summed E-state index contributed by atoms with van der Waals surface area (Å²) in [6.07, 6.45) is 0. The Balaban J connectivity index is 1.53. The molecular formula is C23H22ClNO3. The van der Waals surface area contributed by atoms with Crippen molar-refractivity contribution in [3.8, 4) is 11.5 Å². The number of carbonyl (C=O) groups is 1. The Morgan fingerprint density at radius 3 is 2.43 bits per heavy atom. The lowest BCUT2D eigenvalue weighted by atomic mass is 10.2. The first-order valence-corrected chi connectivity index (χ1v) is 9.44. The van der Waals surface area contributed by atoms with Crippen LogP contribution in [0, 0.1) is 0 Å². The highest BCUT2D eigenvalue weighted by Gasteiger charge is 2.11. The zero-order valence-electron chi connectivity index (χ0n) is 15.6. The smallest absolute Gasteiger partial charge is 0.251 e. The maximum Gasteiger partial charge on any atom is 0.251 e. The van der Waals surface area contributed by atoms with Crippen LogP contribution >= 0.6 is 11.6 Å². The molecule has 0 saturated heterocycles. The van der Waals surface area contributed by atoms with Crippen molar-refractivity contribution in [1.82, 2.24) is 5.32 Å². The number of para-hydroxylation sites is 1. The molecule has 0 spiro atoms. The third-order valence-electron chi connectivity index (χ3n) is 4.07. The number of carbonyl (C=O) groups excluding carboxylic acids is 1. The molecule has 1 atom stereocenters. The number of amides is 1. The molecule has 0 heterocycles. The number of nitrogens with one attached hydrogen (secondary N) is 1. The molecule has 0 aliphatic carbocycles. The van der Waals surface area contributed by atoms with Gasteiger partial charge in [0.2, 0.25) is 0 Å². The highest BCUT2D eigenvalue weighted by atomic mass is 35.5. The van der Waals surface area contributed by atoms with Crippen molar-refractivity contribution in [3.63, 3.8) is 0 Å². The van der Waals surface area contributed by atoms with Gasteiger partial charge in [0.1, 0.15) is 24.7 Å². The number of halogens is 1. The minimum Gasteiger partial charge on any atom is -0.491 e. The molecule has 0 radical (unpaired) electrons. The van der Waals surface area contributed by atoms with Crippen LogP contribution in [0.1, 0.15) is 22.8 Å². The molecule has 5 heteroatoms. The second-order valence-electron chi connectivity index (χ2n) is 6.41. The van der Waals surface area contributed by atoms with Crippen molar-refractivity contribution in [3.05, 3.63) is 95.0 Å². The van der Waals surface area contributed by atoms with E-state index in [-0.39, 0.29) is 11.9 Å². The summed E-state index contributed by atoms with van der Waals surface area (Å²) in [5.41, 5.74) is 1.42. The normalized spacial score (nSPS) is 11.5. The second-order valence-corrected chi connectivity index (χ2v) is 6.81. The highest BCUT2D eigenvalue weighted by molar-refractivity contribution is 6.31. The molecule has 3 aromatic rings. The van der Waals surface area contributed by atoms with Crippen molar-refractivity contribution in [2.75, 3.05) is 6.61 Å². The molecule has 1 amide bonds. The molecule has 3 aromatic carbocycles. The van der Waals surface area contributed by atoms with Crippen LogP contribution in [0.4, 0.5) is 0 Å². The minimum atomic E-state index is -0.174. The molecule has 0 aliphatic rings. The molecular weight excluding hydrogens is 374 g/mol. The van der Waals surface area contributed by atoms with Crippen molar-refractivity contribution < 1.29 is 14.3 Å². The van der Waals surface area contributed by atoms with Gasteiger partial charge in [0, 0.05) is 16.1 Å². The van der Waals surface area contributed by atoms with E-state index < -0.39 is 0 Å². The quantitative estimate of drug-likeness (QED) is 0.576. The standard InChI is InChI=1S/C23H22ClNO3/c1-17(15-27-20-10-3-2-4-11-20)25-23(26)18-9-7-12-21(14-18)28-16-19-8-5-6-13-22(19)24/h2-14,17H,15-16H2,1H3,(H,25,26)/t17-/m1/s1. The summed E-state index contributed by atoms with van der Waals surface area (Å²) in [6.45, 7) is 2.63. The zero-order valence-corrected chi connectivity index (χ0v) is 16.4. The van der Waals surface area contributed by atoms with Gasteiger partial charge in [-0.05, 0) is 43.3 Å². The number of rotatable bonds is 8. The second kappa shape index (κ2) is 9.81. The molecule has 1 N–H and O–H groups in total. The van der Waals surface area contributed by atoms with E-state index in [1.165, 1.54) is 0 Å². The number of benzene rings is 3. The number of hydrogen-bond acceptors (Lipinski definition) is 3. The first-order valence-electron chi connectivity index (χ1n) is 9.07. The van der Waals surface area contributed by atoms with Gasteiger partial charge in [-0.2, -0.15) is 0 Å². The van der Waals surface area contributed by atoms with Crippen LogP contribution < -0.4 is 14.8 Å². The van der Waals surface area contributed by atoms with Crippen molar-refractivity contribution in [1.29, 1.82) is 0 Å². The van der Waals surface area contributed by atoms with Crippen LogP contribution in [-0.4, -0.2) is 18.6 Å². The van der Waals surface area contributed by atoms with E-state index in [1.54, 1.807) is 18.2 Å². The molecule has 3 rings (SSSR count). The fourth-order valence-electron chi connectivity index (χ4n) is 2.59. The molecule has 0 aliphatic heterocycles. The van der Waals surface area contributed by atoms with Crippen LogP contribution in [0.5, 0.6) is 11.5 Å². The Morgan fingerprint density at radius 2 is 1.64 bits per heavy atom. The monoisotopic (exact) mass is 395 g/mol. The average Bonchev–Trinajstić information content (AvgIpc) is 2.72. The summed E-state index contributed by atoms with van der Waals surface area (Å²) < 4.78 is 11.5. The van der Waals surface area contributed by atoms with E-state index in [0.29, 0.717) is 29.5 Å². The first-order chi connectivity index (χ1) is 13.6. The Morgan fingerprint density at radius 1 is 0.929 bits per heavy atom. The SMILES string of the molecule is C[C@H](COc1ccccc1)NC(=O)c1cccc(OCc2ccccc2Cl)c1. The Kier molecular flexibility index (Phi) is 6.93. The van der Waals surface area contributed by atoms with Gasteiger partial charge in [0.15, 0.2) is 0 Å². The molecule has 0 fully saturated rings. The Bertz CT molecular complexity index is 914. The lowest BCUT2D eigenvalue weighted by Gasteiger charge is -2.15. The van der Waals surface area contributed by atoms with Gasteiger partial charge in [-0.15, -0.1) is 0 Å². The predicted molar refractivity (Wildman–Crippen MR) is 111 cm³/mol. The largest absolute Gasteiger partial charge is 0.491 e. The van der Waals surface area contributed by atoms with E-state index in [0.717, 1.165) is 11.3 Å². The summed E-state index contributed by atoms with van der Waals surface area (Å²) >= 11 is 6.15. The average molecular weight is 396 g/mol. The van der Waals surface area contributed by atoms with Crippen LogP contribution in [0.15, 0.2) is 78.9 Å². The van der Waals surface area contributed by atoms with E-state index in [1.807, 2.05) is 67.6 Å². The highest BCUT2D eigenvalue weighted by Crippen LogP contribution is 2.19. The summed E-state index contributed by atoms with van der Waals surface area (Å²) in [5, 5.41) is 3.59. The van der Waals surface area contributed by atoms with E-state index >= 15 is 0 Å². The number of hydrogen-bond donors (Lipinski definition) is 1. The maximum absolute atomic E-state index is 12.5. The van der Waals surface area contributed by atoms with Crippen LogP contribution in [0.3, 0.4) is 0 Å². The molecule has 28 heavy (non-hydrogen) atoms. The van der Waals surface area contributed by atoms with Gasteiger partial charge >= 0.3 is 0 Å². The molecule has 0 saturated carbocycles. The molecule has 0 bridgehead atoms. The van der Waals surface area contributed by atoms with Gasteiger partial charge in [-0.25, -0.2) is 0 Å². The predicted octanol–water partition coefficient (Wildman–Crippen LogP) is 5.12. The summed E-state index contributed by atoms with van der Waals surface area (Å²) in [7, 11) is 0. The lowest BCUT2D eigenvalue weighted by Crippen LogP contribution is -2.36. The van der Waals surface area contributed by atoms with Crippen LogP contribution in [0.2, 0.25) is 5.02 Å². The summed E-state index contributed by atoms with van der Waals surface area (Å²) in [5.74, 6) is 1.21. The van der Waals surface area contributed by atoms with Crippen molar-refractivity contribution >= 4 is 17.5 Å². The zero-order chi connectivity index (χ0) is 19.8. The minimum absolute atomic E-state index is 0.139. The van der Waals surface area contributed by atoms with Crippen molar-refractivity contribution in [2.24, 2.45) is 0 Å². The fraction of sp³-hybridized carbons (Fsp3) is 0.174. The van der Waals surface area contributed by atoms with Crippen LogP contribution in [-0.2, 0) is 6.61 Å². The Labute approximate surface area is 170 Å². The molecule has 0 aromatic heterocycles. The van der Waals surface area contributed by atoms with Gasteiger partial charge in [-0.1, -0.05) is 54.1 Å². The maximum atomic E-state index is 12.5. The number of ether oxygens (including phenoxy) is 2. The fourth-order valence-corrected chi connectivity index (χ4v) is 2.78. The summed E-state index contributed by atoms with van der Waals surface area (Å²) in [4.78, 5) is 12.5. The topological polar surface area (TPSA) is 47.6 Å².